The molecule has 0 saturated heterocycles. The van der Waals surface area contributed by atoms with Gasteiger partial charge in [-0.15, -0.1) is 0 Å². The Morgan fingerprint density at radius 1 is 0.947 bits per heavy atom. The molecule has 0 aromatic heterocycles. The minimum Gasteiger partial charge on any atom is -0.614 e. The molecule has 19 heavy (non-hydrogen) atoms. The Labute approximate surface area is 117 Å². The quantitative estimate of drug-likeness (QED) is 0.671. The summed E-state index contributed by atoms with van der Waals surface area (Å²) in [6.45, 7) is 3.63. The molecule has 0 bridgehead atoms. The van der Waals surface area contributed by atoms with E-state index in [9.17, 15) is 4.55 Å². The zero-order valence-electron chi connectivity index (χ0n) is 10.6. The van der Waals surface area contributed by atoms with Crippen LogP contribution in [0.2, 0.25) is 0 Å². The number of benzene rings is 2. The van der Waals surface area contributed by atoms with E-state index in [1.165, 1.54) is 6.08 Å². The van der Waals surface area contributed by atoms with Crippen molar-refractivity contribution in [3.63, 3.8) is 0 Å². The van der Waals surface area contributed by atoms with Gasteiger partial charge in [-0.05, 0) is 17.3 Å². The van der Waals surface area contributed by atoms with Gasteiger partial charge >= 0.3 is 0 Å². The average molecular weight is 271 g/mol. The van der Waals surface area contributed by atoms with E-state index >= 15 is 0 Å². The second-order valence-electron chi connectivity index (χ2n) is 4.23. The lowest BCUT2D eigenvalue weighted by atomic mass is 10.0. The van der Waals surface area contributed by atoms with E-state index < -0.39 is 16.5 Å². The Bertz CT molecular complexity index is 475. The van der Waals surface area contributed by atoms with Crippen LogP contribution in [0.25, 0.3) is 0 Å². The third kappa shape index (κ3) is 3.26. The zero-order chi connectivity index (χ0) is 13.7. The van der Waals surface area contributed by atoms with Gasteiger partial charge in [0.1, 0.15) is 0 Å². The summed E-state index contributed by atoms with van der Waals surface area (Å²) in [5, 5.41) is -0.763. The van der Waals surface area contributed by atoms with Gasteiger partial charge in [0, 0.05) is 11.1 Å². The number of hydrogen-bond donors (Lipinski definition) is 1. The molecule has 2 atom stereocenters. The molecule has 0 radical (unpaired) electrons. The molecule has 0 aliphatic carbocycles. The molecule has 2 aromatic carbocycles. The lowest BCUT2D eigenvalue weighted by Crippen LogP contribution is -2.33. The van der Waals surface area contributed by atoms with Crippen molar-refractivity contribution in [2.75, 3.05) is 0 Å². The fourth-order valence-corrected chi connectivity index (χ4v) is 3.32. The lowest BCUT2D eigenvalue weighted by molar-refractivity contribution is 0.581. The first-order valence-corrected chi connectivity index (χ1v) is 7.39. The Balaban J connectivity index is 2.42. The molecule has 2 aromatic rings. The van der Waals surface area contributed by atoms with Crippen molar-refractivity contribution in [1.82, 2.24) is 0 Å². The molecular formula is C16H17NOS. The number of rotatable bonds is 5. The van der Waals surface area contributed by atoms with Gasteiger partial charge in [0.2, 0.25) is 0 Å². The highest BCUT2D eigenvalue weighted by molar-refractivity contribution is 7.92. The first-order valence-electron chi connectivity index (χ1n) is 6.11. The topological polar surface area (TPSA) is 49.1 Å². The first-order chi connectivity index (χ1) is 9.24. The van der Waals surface area contributed by atoms with Crippen molar-refractivity contribution in [3.05, 3.63) is 84.4 Å². The van der Waals surface area contributed by atoms with E-state index in [-0.39, 0.29) is 5.25 Å². The monoisotopic (exact) mass is 271 g/mol. The summed E-state index contributed by atoms with van der Waals surface area (Å²) in [5.41, 5.74) is 7.88. The van der Waals surface area contributed by atoms with Gasteiger partial charge in [-0.2, -0.15) is 0 Å². The van der Waals surface area contributed by atoms with Gasteiger partial charge in [-0.25, -0.2) is 0 Å². The van der Waals surface area contributed by atoms with E-state index in [2.05, 4.69) is 6.58 Å². The van der Waals surface area contributed by atoms with E-state index in [1.54, 1.807) is 0 Å². The van der Waals surface area contributed by atoms with Gasteiger partial charge in [-0.3, -0.25) is 5.73 Å². The maximum atomic E-state index is 12.6. The van der Waals surface area contributed by atoms with Gasteiger partial charge in [0.15, 0.2) is 10.6 Å². The molecule has 2 nitrogen and oxygen atoms in total. The van der Waals surface area contributed by atoms with Gasteiger partial charge in [0.05, 0.1) is 0 Å². The van der Waals surface area contributed by atoms with Crippen LogP contribution < -0.4 is 5.73 Å². The van der Waals surface area contributed by atoms with Crippen molar-refractivity contribution in [1.29, 1.82) is 0 Å². The highest BCUT2D eigenvalue weighted by atomic mass is 32.2. The molecule has 0 amide bonds. The lowest BCUT2D eigenvalue weighted by Gasteiger charge is -2.25. The minimum atomic E-state index is -1.24. The summed E-state index contributed by atoms with van der Waals surface area (Å²) in [7, 11) is 0. The summed E-state index contributed by atoms with van der Waals surface area (Å²) in [6.07, 6.45) is 1.54. The predicted octanol–water partition coefficient (Wildman–Crippen LogP) is 3.00. The molecular weight excluding hydrogens is 254 g/mol. The number of nitrogens with two attached hydrogens (primary N) is 1. The summed E-state index contributed by atoms with van der Waals surface area (Å²) in [4.78, 5) is 0. The second kappa shape index (κ2) is 6.57. The van der Waals surface area contributed by atoms with E-state index in [0.717, 1.165) is 11.1 Å². The fraction of sp³-hybridized carbons (Fsp3) is 0.125. The smallest absolute Gasteiger partial charge is 0.184 e. The third-order valence-corrected chi connectivity index (χ3v) is 4.68. The van der Waals surface area contributed by atoms with Crippen molar-refractivity contribution in [2.45, 2.75) is 10.6 Å². The van der Waals surface area contributed by atoms with Crippen LogP contribution in [-0.4, -0.2) is 9.93 Å². The average Bonchev–Trinajstić information content (AvgIpc) is 2.49. The largest absolute Gasteiger partial charge is 0.614 e. The van der Waals surface area contributed by atoms with Gasteiger partial charge < -0.3 is 4.55 Å². The van der Waals surface area contributed by atoms with Crippen LogP contribution in [-0.2, 0) is 11.2 Å². The van der Waals surface area contributed by atoms with Crippen LogP contribution >= 0.6 is 0 Å². The SMILES string of the molecule is C=CC(N)[S+]([O-])C(c1ccccc1)c1ccccc1. The van der Waals surface area contributed by atoms with Gasteiger partial charge in [-0.1, -0.05) is 67.2 Å². The molecule has 2 rings (SSSR count). The maximum absolute atomic E-state index is 12.6. The van der Waals surface area contributed by atoms with E-state index in [1.807, 2.05) is 60.7 Å². The Hall–Kier alpha value is -1.55. The van der Waals surface area contributed by atoms with Crippen LogP contribution in [0.4, 0.5) is 0 Å². The molecule has 0 spiro atoms. The van der Waals surface area contributed by atoms with Crippen molar-refractivity contribution in [3.8, 4) is 0 Å². The van der Waals surface area contributed by atoms with Crippen LogP contribution in [0, 0.1) is 0 Å². The molecule has 2 unspecified atom stereocenters. The summed E-state index contributed by atoms with van der Waals surface area (Å²) in [6, 6.07) is 19.6. The fourth-order valence-electron chi connectivity index (χ4n) is 1.97. The van der Waals surface area contributed by atoms with E-state index in [4.69, 9.17) is 5.73 Å². The van der Waals surface area contributed by atoms with Crippen LogP contribution in [0.1, 0.15) is 16.4 Å². The summed E-state index contributed by atoms with van der Waals surface area (Å²) < 4.78 is 12.6. The first kappa shape index (κ1) is 13.9. The maximum Gasteiger partial charge on any atom is 0.184 e. The molecule has 2 N–H and O–H groups in total. The van der Waals surface area contributed by atoms with Crippen molar-refractivity contribution < 1.29 is 4.55 Å². The molecule has 0 aliphatic rings. The third-order valence-electron chi connectivity index (χ3n) is 2.94. The Morgan fingerprint density at radius 2 is 1.37 bits per heavy atom. The normalized spacial score (nSPS) is 14.1. The number of hydrogen-bond acceptors (Lipinski definition) is 2. The molecule has 3 heteroatoms. The highest BCUT2D eigenvalue weighted by Gasteiger charge is 2.29. The highest BCUT2D eigenvalue weighted by Crippen LogP contribution is 2.32. The second-order valence-corrected chi connectivity index (χ2v) is 5.90. The Kier molecular flexibility index (Phi) is 4.80. The molecule has 0 heterocycles. The zero-order valence-corrected chi connectivity index (χ0v) is 11.4. The molecule has 0 fully saturated rings. The molecule has 0 aliphatic heterocycles. The predicted molar refractivity (Wildman–Crippen MR) is 81.0 cm³/mol. The van der Waals surface area contributed by atoms with Crippen molar-refractivity contribution in [2.24, 2.45) is 5.73 Å². The minimum absolute atomic E-state index is 0.226. The Morgan fingerprint density at radius 3 is 1.74 bits per heavy atom. The van der Waals surface area contributed by atoms with Crippen LogP contribution in [0.3, 0.4) is 0 Å². The molecule has 0 saturated carbocycles. The van der Waals surface area contributed by atoms with Gasteiger partial charge in [0.25, 0.3) is 0 Å². The summed E-state index contributed by atoms with van der Waals surface area (Å²) >= 11 is -1.24. The summed E-state index contributed by atoms with van der Waals surface area (Å²) in [5.74, 6) is 0. The van der Waals surface area contributed by atoms with Crippen LogP contribution in [0.5, 0.6) is 0 Å². The standard InChI is InChI=1S/C16H17NOS/c1-2-15(17)19(18)16(13-9-5-3-6-10-13)14-11-7-4-8-12-14/h2-12,15-16H,1,17H2. The molecule has 98 valence electrons. The van der Waals surface area contributed by atoms with Crippen molar-refractivity contribution >= 4 is 11.2 Å². The van der Waals surface area contributed by atoms with E-state index in [0.29, 0.717) is 0 Å². The van der Waals surface area contributed by atoms with Crippen LogP contribution in [0.15, 0.2) is 73.3 Å².